The van der Waals surface area contributed by atoms with E-state index in [4.69, 9.17) is 28.4 Å². The van der Waals surface area contributed by atoms with Gasteiger partial charge in [0, 0.05) is 13.8 Å². The summed E-state index contributed by atoms with van der Waals surface area (Å²) in [5, 5.41) is 0. The van der Waals surface area contributed by atoms with Crippen LogP contribution < -0.4 is 0 Å². The van der Waals surface area contributed by atoms with E-state index in [9.17, 15) is 9.59 Å². The van der Waals surface area contributed by atoms with Crippen LogP contribution in [0.2, 0.25) is 0 Å². The number of carbonyl (C=O) groups is 2. The van der Waals surface area contributed by atoms with Crippen LogP contribution in [0.15, 0.2) is 0 Å². The fourth-order valence-corrected chi connectivity index (χ4v) is 3.68. The van der Waals surface area contributed by atoms with Crippen molar-refractivity contribution < 1.29 is 38.0 Å². The molecule has 2 heterocycles. The van der Waals surface area contributed by atoms with Gasteiger partial charge in [-0.1, -0.05) is 0 Å². The first kappa shape index (κ1) is 17.6. The van der Waals surface area contributed by atoms with Gasteiger partial charge in [0.15, 0.2) is 23.8 Å². The Balaban J connectivity index is 1.98. The van der Waals surface area contributed by atoms with E-state index in [1.807, 2.05) is 0 Å². The van der Waals surface area contributed by atoms with Gasteiger partial charge in [-0.15, -0.1) is 0 Å². The molecular weight excluding hydrogens is 320 g/mol. The third-order valence-corrected chi connectivity index (χ3v) is 4.23. The largest absolute Gasteiger partial charge is 0.457 e. The summed E-state index contributed by atoms with van der Waals surface area (Å²) in [4.78, 5) is 23.1. The number of fused-ring (bicyclic) bond motifs is 2. The van der Waals surface area contributed by atoms with Crippen molar-refractivity contribution in [3.05, 3.63) is 0 Å². The molecule has 3 aliphatic rings. The minimum absolute atomic E-state index is 0.454. The van der Waals surface area contributed by atoms with Gasteiger partial charge in [0.05, 0.1) is 0 Å². The zero-order chi connectivity index (χ0) is 17.9. The molecule has 2 unspecified atom stereocenters. The van der Waals surface area contributed by atoms with Crippen LogP contribution in [0.25, 0.3) is 0 Å². The Hall–Kier alpha value is -1.22. The van der Waals surface area contributed by atoms with Crippen LogP contribution in [-0.4, -0.2) is 60.1 Å². The smallest absolute Gasteiger partial charge is 0.303 e. The van der Waals surface area contributed by atoms with E-state index in [-0.39, 0.29) is 0 Å². The Labute approximate surface area is 140 Å². The van der Waals surface area contributed by atoms with Crippen LogP contribution in [0, 0.1) is 0 Å². The molecule has 136 valence electrons. The highest BCUT2D eigenvalue weighted by atomic mass is 16.8. The number of ether oxygens (including phenoxy) is 6. The summed E-state index contributed by atoms with van der Waals surface area (Å²) in [5.74, 6) is -2.71. The van der Waals surface area contributed by atoms with Crippen LogP contribution in [-0.2, 0) is 38.0 Å². The fourth-order valence-electron chi connectivity index (χ4n) is 3.68. The molecule has 2 saturated heterocycles. The maximum absolute atomic E-state index is 11.6. The SMILES string of the molecule is CC(=O)OC1[C@H]2OC(C)(C)O[C@@H]2C(OC(C)=O)[C@@H]2OC(C)(C)O[C@H]12. The molecule has 3 rings (SSSR count). The number of hydrogen-bond acceptors (Lipinski definition) is 8. The molecule has 3 fully saturated rings. The van der Waals surface area contributed by atoms with Crippen molar-refractivity contribution in [3.63, 3.8) is 0 Å². The first-order valence-electron chi connectivity index (χ1n) is 8.05. The van der Waals surface area contributed by atoms with Crippen molar-refractivity contribution in [1.82, 2.24) is 0 Å². The first-order valence-corrected chi connectivity index (χ1v) is 8.05. The third kappa shape index (κ3) is 3.15. The molecule has 0 radical (unpaired) electrons. The van der Waals surface area contributed by atoms with E-state index in [0.717, 1.165) is 0 Å². The molecule has 24 heavy (non-hydrogen) atoms. The molecule has 0 spiro atoms. The molecule has 0 aromatic rings. The lowest BCUT2D eigenvalue weighted by molar-refractivity contribution is -0.196. The van der Waals surface area contributed by atoms with Crippen LogP contribution in [0.1, 0.15) is 41.5 Å². The van der Waals surface area contributed by atoms with Gasteiger partial charge in [0.2, 0.25) is 0 Å². The highest BCUT2D eigenvalue weighted by molar-refractivity contribution is 5.67. The Kier molecular flexibility index (Phi) is 4.15. The molecule has 8 heteroatoms. The topological polar surface area (TPSA) is 89.5 Å². The van der Waals surface area contributed by atoms with Crippen molar-refractivity contribution in [2.24, 2.45) is 0 Å². The van der Waals surface area contributed by atoms with Gasteiger partial charge in [-0.05, 0) is 27.7 Å². The molecule has 1 saturated carbocycles. The molecule has 0 aromatic carbocycles. The Morgan fingerprint density at radius 1 is 0.667 bits per heavy atom. The van der Waals surface area contributed by atoms with E-state index in [2.05, 4.69) is 0 Å². The zero-order valence-electron chi connectivity index (χ0n) is 14.7. The second-order valence-electron chi connectivity index (χ2n) is 7.28. The van der Waals surface area contributed by atoms with E-state index in [1.54, 1.807) is 27.7 Å². The van der Waals surface area contributed by atoms with Gasteiger partial charge < -0.3 is 28.4 Å². The minimum atomic E-state index is -0.902. The standard InChI is InChI=1S/C16H24O8/c1-7(17)19-9-11-13(23-15(3,4)21-11)10(20-8(2)18)14-12(9)22-16(5,6)24-14/h9-14H,1-6H3/t9?,10?,11-,12-,13-,14+/m1/s1. The van der Waals surface area contributed by atoms with Crippen molar-refractivity contribution in [2.75, 3.05) is 0 Å². The minimum Gasteiger partial charge on any atom is -0.457 e. The van der Waals surface area contributed by atoms with E-state index in [1.165, 1.54) is 13.8 Å². The van der Waals surface area contributed by atoms with Crippen LogP contribution >= 0.6 is 0 Å². The highest BCUT2D eigenvalue weighted by Gasteiger charge is 2.65. The van der Waals surface area contributed by atoms with Crippen LogP contribution in [0.5, 0.6) is 0 Å². The third-order valence-electron chi connectivity index (χ3n) is 4.23. The average Bonchev–Trinajstić information content (AvgIpc) is 2.88. The number of esters is 2. The van der Waals surface area contributed by atoms with Gasteiger partial charge in [-0.2, -0.15) is 0 Å². The normalized spacial score (nSPS) is 42.1. The number of carbonyl (C=O) groups excluding carboxylic acids is 2. The average molecular weight is 344 g/mol. The maximum atomic E-state index is 11.6. The quantitative estimate of drug-likeness (QED) is 0.683. The Morgan fingerprint density at radius 3 is 1.12 bits per heavy atom. The second kappa shape index (κ2) is 5.66. The van der Waals surface area contributed by atoms with Gasteiger partial charge in [-0.25, -0.2) is 0 Å². The van der Waals surface area contributed by atoms with E-state index < -0.39 is 60.1 Å². The summed E-state index contributed by atoms with van der Waals surface area (Å²) in [5.41, 5.74) is 0. The summed E-state index contributed by atoms with van der Waals surface area (Å²) >= 11 is 0. The number of rotatable bonds is 2. The van der Waals surface area contributed by atoms with Gasteiger partial charge in [0.1, 0.15) is 24.4 Å². The zero-order valence-corrected chi connectivity index (χ0v) is 14.7. The second-order valence-corrected chi connectivity index (χ2v) is 7.28. The molecule has 1 aliphatic carbocycles. The lowest BCUT2D eigenvalue weighted by atomic mass is 9.84. The molecule has 6 atom stereocenters. The van der Waals surface area contributed by atoms with Crippen LogP contribution in [0.4, 0.5) is 0 Å². The fraction of sp³-hybridized carbons (Fsp3) is 0.875. The summed E-state index contributed by atoms with van der Waals surface area (Å²) in [6.45, 7) is 9.66. The summed E-state index contributed by atoms with van der Waals surface area (Å²) in [6, 6.07) is 0. The van der Waals surface area contributed by atoms with Gasteiger partial charge >= 0.3 is 11.9 Å². The first-order chi connectivity index (χ1) is 11.0. The van der Waals surface area contributed by atoms with Gasteiger partial charge in [0.25, 0.3) is 0 Å². The highest BCUT2D eigenvalue weighted by Crippen LogP contribution is 2.46. The van der Waals surface area contributed by atoms with Crippen molar-refractivity contribution in [3.8, 4) is 0 Å². The summed E-state index contributed by atoms with van der Waals surface area (Å²) in [7, 11) is 0. The molecule has 2 aliphatic heterocycles. The lowest BCUT2D eigenvalue weighted by Crippen LogP contribution is -2.63. The molecular formula is C16H24O8. The van der Waals surface area contributed by atoms with Crippen molar-refractivity contribution in [2.45, 2.75) is 89.7 Å². The predicted molar refractivity (Wildman–Crippen MR) is 78.8 cm³/mol. The summed E-state index contributed by atoms with van der Waals surface area (Å²) in [6.07, 6.45) is -3.90. The lowest BCUT2D eigenvalue weighted by Gasteiger charge is -2.41. The van der Waals surface area contributed by atoms with E-state index >= 15 is 0 Å². The van der Waals surface area contributed by atoms with Crippen LogP contribution in [0.3, 0.4) is 0 Å². The predicted octanol–water partition coefficient (Wildman–Crippen LogP) is 0.904. The molecule has 0 aromatic heterocycles. The molecule has 0 bridgehead atoms. The van der Waals surface area contributed by atoms with Crippen molar-refractivity contribution >= 4 is 11.9 Å². The number of hydrogen-bond donors (Lipinski definition) is 0. The molecule has 8 nitrogen and oxygen atoms in total. The van der Waals surface area contributed by atoms with Gasteiger partial charge in [-0.3, -0.25) is 9.59 Å². The monoisotopic (exact) mass is 344 g/mol. The Bertz CT molecular complexity index is 466. The van der Waals surface area contributed by atoms with E-state index in [0.29, 0.717) is 0 Å². The van der Waals surface area contributed by atoms with Crippen molar-refractivity contribution in [1.29, 1.82) is 0 Å². The maximum Gasteiger partial charge on any atom is 0.303 e. The summed E-state index contributed by atoms with van der Waals surface area (Å²) < 4.78 is 34.7. The molecule has 0 N–H and O–H groups in total. The Morgan fingerprint density at radius 2 is 0.917 bits per heavy atom. The molecule has 0 amide bonds.